The van der Waals surface area contributed by atoms with Gasteiger partial charge in [0.1, 0.15) is 0 Å². The van der Waals surface area contributed by atoms with Crippen LogP contribution in [0.3, 0.4) is 0 Å². The van der Waals surface area contributed by atoms with Crippen LogP contribution in [0, 0.1) is 0 Å². The molecule has 0 atom stereocenters. The molecule has 0 bridgehead atoms. The van der Waals surface area contributed by atoms with Crippen LogP contribution < -0.4 is 15.5 Å². The molecule has 0 saturated carbocycles. The van der Waals surface area contributed by atoms with Crippen molar-refractivity contribution in [1.82, 2.24) is 14.9 Å². The van der Waals surface area contributed by atoms with E-state index in [9.17, 15) is 9.59 Å². The SMILES string of the molecule is O=C(O)CN1CCN(c2ccc(Nc3ncc(Cl)c(C(=O)Nc4c(Cl)cccc4Cl)n3)cc2)CC1. The fourth-order valence-corrected chi connectivity index (χ4v) is 4.29. The minimum atomic E-state index is -0.813. The molecule has 182 valence electrons. The van der Waals surface area contributed by atoms with Crippen molar-refractivity contribution >= 4 is 69.7 Å². The summed E-state index contributed by atoms with van der Waals surface area (Å²) in [6.07, 6.45) is 1.34. The van der Waals surface area contributed by atoms with Crippen LogP contribution in [0.1, 0.15) is 10.5 Å². The molecule has 1 aliphatic heterocycles. The summed E-state index contributed by atoms with van der Waals surface area (Å²) in [6.45, 7) is 2.93. The fourth-order valence-electron chi connectivity index (χ4n) is 3.62. The Morgan fingerprint density at radius 3 is 2.23 bits per heavy atom. The zero-order valence-corrected chi connectivity index (χ0v) is 20.6. The topological polar surface area (TPSA) is 111 Å². The second kappa shape index (κ2) is 11.1. The minimum Gasteiger partial charge on any atom is -0.480 e. The number of carbonyl (C=O) groups excluding carboxylic acids is 1. The van der Waals surface area contributed by atoms with E-state index in [0.29, 0.717) is 13.1 Å². The smallest absolute Gasteiger partial charge is 0.317 e. The Bertz CT molecular complexity index is 1210. The minimum absolute atomic E-state index is 0.0315. The first-order valence-corrected chi connectivity index (χ1v) is 11.8. The number of para-hydroxylation sites is 1. The largest absolute Gasteiger partial charge is 0.480 e. The highest BCUT2D eigenvalue weighted by atomic mass is 35.5. The van der Waals surface area contributed by atoms with Gasteiger partial charge in [-0.15, -0.1) is 0 Å². The van der Waals surface area contributed by atoms with Gasteiger partial charge in [-0.1, -0.05) is 40.9 Å². The predicted octanol–water partition coefficient (Wildman–Crippen LogP) is 4.64. The van der Waals surface area contributed by atoms with Gasteiger partial charge in [-0.2, -0.15) is 0 Å². The number of carboxylic acid groups (broad SMARTS) is 1. The number of anilines is 4. The van der Waals surface area contributed by atoms with Crippen LogP contribution in [0.2, 0.25) is 15.1 Å². The van der Waals surface area contributed by atoms with Gasteiger partial charge in [0, 0.05) is 37.6 Å². The lowest BCUT2D eigenvalue weighted by atomic mass is 10.2. The monoisotopic (exact) mass is 534 g/mol. The van der Waals surface area contributed by atoms with Crippen molar-refractivity contribution in [2.75, 3.05) is 48.3 Å². The normalized spacial score (nSPS) is 14.0. The lowest BCUT2D eigenvalue weighted by Gasteiger charge is -2.35. The maximum absolute atomic E-state index is 12.8. The summed E-state index contributed by atoms with van der Waals surface area (Å²) in [4.78, 5) is 36.2. The maximum atomic E-state index is 12.8. The first-order chi connectivity index (χ1) is 16.8. The number of nitrogens with zero attached hydrogens (tertiary/aromatic N) is 4. The molecule has 0 aliphatic carbocycles. The Balaban J connectivity index is 1.41. The van der Waals surface area contributed by atoms with Gasteiger partial charge in [0.05, 0.1) is 33.5 Å². The van der Waals surface area contributed by atoms with Crippen molar-refractivity contribution in [3.63, 3.8) is 0 Å². The summed E-state index contributed by atoms with van der Waals surface area (Å²) in [5, 5.41) is 15.3. The highest BCUT2D eigenvalue weighted by Crippen LogP contribution is 2.31. The number of aromatic nitrogens is 2. The zero-order valence-electron chi connectivity index (χ0n) is 18.3. The zero-order chi connectivity index (χ0) is 24.9. The molecule has 2 aromatic carbocycles. The number of rotatable bonds is 7. The Labute approximate surface area is 216 Å². The predicted molar refractivity (Wildman–Crippen MR) is 137 cm³/mol. The first kappa shape index (κ1) is 25.0. The van der Waals surface area contributed by atoms with Crippen molar-refractivity contribution in [3.05, 3.63) is 69.4 Å². The number of amides is 1. The van der Waals surface area contributed by atoms with E-state index in [4.69, 9.17) is 39.9 Å². The Morgan fingerprint density at radius 1 is 0.943 bits per heavy atom. The second-order valence-corrected chi connectivity index (χ2v) is 8.99. The third kappa shape index (κ3) is 6.32. The molecule has 2 heterocycles. The summed E-state index contributed by atoms with van der Waals surface area (Å²) in [6, 6.07) is 12.6. The van der Waals surface area contributed by atoms with Crippen LogP contribution in [0.15, 0.2) is 48.7 Å². The van der Waals surface area contributed by atoms with Crippen LogP contribution in [-0.4, -0.2) is 64.6 Å². The first-order valence-electron chi connectivity index (χ1n) is 10.6. The van der Waals surface area contributed by atoms with Crippen molar-refractivity contribution < 1.29 is 14.7 Å². The molecular weight excluding hydrogens is 515 g/mol. The molecule has 12 heteroatoms. The fraction of sp³-hybridized carbons (Fsp3) is 0.217. The summed E-state index contributed by atoms with van der Waals surface area (Å²) in [7, 11) is 0. The maximum Gasteiger partial charge on any atom is 0.317 e. The van der Waals surface area contributed by atoms with E-state index in [0.717, 1.165) is 24.5 Å². The molecule has 9 nitrogen and oxygen atoms in total. The van der Waals surface area contributed by atoms with Gasteiger partial charge in [-0.3, -0.25) is 14.5 Å². The summed E-state index contributed by atoms with van der Waals surface area (Å²) in [5.74, 6) is -1.20. The van der Waals surface area contributed by atoms with E-state index >= 15 is 0 Å². The number of carboxylic acids is 1. The number of halogens is 3. The van der Waals surface area contributed by atoms with Gasteiger partial charge in [0.25, 0.3) is 5.91 Å². The number of carbonyl (C=O) groups is 2. The molecule has 0 unspecified atom stereocenters. The molecule has 0 radical (unpaired) electrons. The third-order valence-electron chi connectivity index (χ3n) is 5.38. The number of hydrogen-bond donors (Lipinski definition) is 3. The highest BCUT2D eigenvalue weighted by molar-refractivity contribution is 6.40. The van der Waals surface area contributed by atoms with E-state index in [-0.39, 0.29) is 38.9 Å². The Kier molecular flexibility index (Phi) is 7.92. The lowest BCUT2D eigenvalue weighted by molar-refractivity contribution is -0.138. The molecule has 1 saturated heterocycles. The van der Waals surface area contributed by atoms with Gasteiger partial charge in [0.15, 0.2) is 5.69 Å². The summed E-state index contributed by atoms with van der Waals surface area (Å²) < 4.78 is 0. The van der Waals surface area contributed by atoms with E-state index < -0.39 is 11.9 Å². The van der Waals surface area contributed by atoms with Crippen molar-refractivity contribution in [3.8, 4) is 0 Å². The number of nitrogens with one attached hydrogen (secondary N) is 2. The van der Waals surface area contributed by atoms with E-state index in [2.05, 4.69) is 25.5 Å². The van der Waals surface area contributed by atoms with Crippen LogP contribution in [0.4, 0.5) is 23.0 Å². The van der Waals surface area contributed by atoms with E-state index in [1.54, 1.807) is 18.2 Å². The standard InChI is InChI=1S/C23H21Cl3N6O3/c24-16-2-1-3-17(25)20(16)29-22(35)21-18(26)12-27-23(30-21)28-14-4-6-15(7-5-14)32-10-8-31(9-11-32)13-19(33)34/h1-7,12H,8-11,13H2,(H,29,35)(H,33,34)(H,27,28,30). The van der Waals surface area contributed by atoms with E-state index in [1.807, 2.05) is 29.2 Å². The molecular formula is C23H21Cl3N6O3. The van der Waals surface area contributed by atoms with Crippen LogP contribution >= 0.6 is 34.8 Å². The van der Waals surface area contributed by atoms with Gasteiger partial charge in [-0.05, 0) is 36.4 Å². The molecule has 3 N–H and O–H groups in total. The molecule has 1 amide bonds. The summed E-state index contributed by atoms with van der Waals surface area (Å²) >= 11 is 18.4. The third-order valence-corrected chi connectivity index (χ3v) is 6.29. The average molecular weight is 536 g/mol. The Morgan fingerprint density at radius 2 is 1.60 bits per heavy atom. The molecule has 35 heavy (non-hydrogen) atoms. The summed E-state index contributed by atoms with van der Waals surface area (Å²) in [5.41, 5.74) is 1.99. The van der Waals surface area contributed by atoms with Gasteiger partial charge in [0.2, 0.25) is 5.95 Å². The quantitative estimate of drug-likeness (QED) is 0.401. The van der Waals surface area contributed by atoms with Gasteiger partial charge >= 0.3 is 5.97 Å². The molecule has 1 aliphatic rings. The van der Waals surface area contributed by atoms with Crippen LogP contribution in [0.25, 0.3) is 0 Å². The van der Waals surface area contributed by atoms with E-state index in [1.165, 1.54) is 6.20 Å². The highest BCUT2D eigenvalue weighted by Gasteiger charge is 2.20. The van der Waals surface area contributed by atoms with Gasteiger partial charge in [-0.25, -0.2) is 9.97 Å². The molecule has 1 fully saturated rings. The van der Waals surface area contributed by atoms with Crippen LogP contribution in [0.5, 0.6) is 0 Å². The molecule has 0 spiro atoms. The average Bonchev–Trinajstić information content (AvgIpc) is 2.83. The number of aliphatic carboxylic acids is 1. The van der Waals surface area contributed by atoms with Crippen molar-refractivity contribution in [2.45, 2.75) is 0 Å². The number of benzene rings is 2. The van der Waals surface area contributed by atoms with Crippen LogP contribution in [-0.2, 0) is 4.79 Å². The number of hydrogen-bond acceptors (Lipinski definition) is 7. The van der Waals surface area contributed by atoms with Crippen molar-refractivity contribution in [2.24, 2.45) is 0 Å². The number of piperazine rings is 1. The molecule has 1 aromatic heterocycles. The molecule has 3 aromatic rings. The molecule has 4 rings (SSSR count). The van der Waals surface area contributed by atoms with Crippen molar-refractivity contribution in [1.29, 1.82) is 0 Å². The lowest BCUT2D eigenvalue weighted by Crippen LogP contribution is -2.47. The Hall–Kier alpha value is -3.11. The van der Waals surface area contributed by atoms with Gasteiger partial charge < -0.3 is 20.6 Å². The second-order valence-electron chi connectivity index (χ2n) is 7.77.